The van der Waals surface area contributed by atoms with Crippen LogP contribution in [0.15, 0.2) is 55.0 Å². The Labute approximate surface area is 166 Å². The van der Waals surface area contributed by atoms with E-state index in [2.05, 4.69) is 15.3 Å². The SMILES string of the molecule is Cc1ccc2nc(COc3ccc(C(=O)NCc4cnc(C)s4)cc3)cn2c1. The average molecular weight is 392 g/mol. The normalized spacial score (nSPS) is 10.9. The third kappa shape index (κ3) is 4.20. The highest BCUT2D eigenvalue weighted by atomic mass is 32.1. The molecule has 3 aromatic heterocycles. The van der Waals surface area contributed by atoms with E-state index in [1.807, 2.05) is 42.8 Å². The van der Waals surface area contributed by atoms with E-state index >= 15 is 0 Å². The molecule has 0 spiro atoms. The fraction of sp³-hybridized carbons (Fsp3) is 0.190. The molecular formula is C21H20N4O2S. The maximum atomic E-state index is 12.3. The highest BCUT2D eigenvalue weighted by Crippen LogP contribution is 2.16. The van der Waals surface area contributed by atoms with Crippen LogP contribution in [0.2, 0.25) is 0 Å². The maximum Gasteiger partial charge on any atom is 0.251 e. The molecule has 7 heteroatoms. The number of nitrogens with one attached hydrogen (secondary N) is 1. The summed E-state index contributed by atoms with van der Waals surface area (Å²) in [6.45, 7) is 4.85. The molecule has 1 N–H and O–H groups in total. The number of benzene rings is 1. The van der Waals surface area contributed by atoms with Crippen LogP contribution in [0, 0.1) is 13.8 Å². The van der Waals surface area contributed by atoms with E-state index in [0.29, 0.717) is 24.5 Å². The molecule has 4 rings (SSSR count). The van der Waals surface area contributed by atoms with E-state index in [9.17, 15) is 4.79 Å². The van der Waals surface area contributed by atoms with Crippen molar-refractivity contribution in [2.24, 2.45) is 0 Å². The second kappa shape index (κ2) is 7.82. The maximum absolute atomic E-state index is 12.3. The number of pyridine rings is 1. The van der Waals surface area contributed by atoms with Gasteiger partial charge < -0.3 is 14.5 Å². The molecule has 0 fully saturated rings. The number of amides is 1. The minimum atomic E-state index is -0.117. The van der Waals surface area contributed by atoms with E-state index in [4.69, 9.17) is 4.74 Å². The molecule has 3 heterocycles. The predicted molar refractivity (Wildman–Crippen MR) is 109 cm³/mol. The smallest absolute Gasteiger partial charge is 0.251 e. The summed E-state index contributed by atoms with van der Waals surface area (Å²) in [6.07, 6.45) is 5.79. The topological polar surface area (TPSA) is 68.5 Å². The van der Waals surface area contributed by atoms with Crippen LogP contribution in [0.5, 0.6) is 5.75 Å². The van der Waals surface area contributed by atoms with Crippen LogP contribution >= 0.6 is 11.3 Å². The Morgan fingerprint density at radius 3 is 2.71 bits per heavy atom. The van der Waals surface area contributed by atoms with Gasteiger partial charge in [0.05, 0.1) is 17.2 Å². The van der Waals surface area contributed by atoms with Gasteiger partial charge in [-0.25, -0.2) is 9.97 Å². The molecule has 0 saturated heterocycles. The second-order valence-corrected chi connectivity index (χ2v) is 7.86. The van der Waals surface area contributed by atoms with Crippen molar-refractivity contribution in [2.45, 2.75) is 27.0 Å². The van der Waals surface area contributed by atoms with Gasteiger partial charge in [0.25, 0.3) is 5.91 Å². The fourth-order valence-electron chi connectivity index (χ4n) is 2.84. The summed E-state index contributed by atoms with van der Waals surface area (Å²) in [6, 6.07) is 11.1. The van der Waals surface area contributed by atoms with Crippen LogP contribution in [-0.4, -0.2) is 20.3 Å². The van der Waals surface area contributed by atoms with Gasteiger partial charge >= 0.3 is 0 Å². The summed E-state index contributed by atoms with van der Waals surface area (Å²) in [4.78, 5) is 22.0. The van der Waals surface area contributed by atoms with Gasteiger partial charge in [0.15, 0.2) is 0 Å². The standard InChI is InChI=1S/C21H20N4O2S/c1-14-3-8-20-24-17(12-25(20)11-14)13-27-18-6-4-16(5-7-18)21(26)23-10-19-9-22-15(2)28-19/h3-9,11-12H,10,13H2,1-2H3,(H,23,26). The van der Waals surface area contributed by atoms with Crippen molar-refractivity contribution in [1.82, 2.24) is 19.7 Å². The zero-order valence-electron chi connectivity index (χ0n) is 15.7. The molecule has 0 aliphatic heterocycles. The molecule has 1 aromatic carbocycles. The molecule has 6 nitrogen and oxygen atoms in total. The van der Waals surface area contributed by atoms with Crippen LogP contribution in [0.1, 0.15) is 31.5 Å². The van der Waals surface area contributed by atoms with E-state index in [1.54, 1.807) is 41.8 Å². The molecule has 0 radical (unpaired) electrons. The number of ether oxygens (including phenoxy) is 1. The summed E-state index contributed by atoms with van der Waals surface area (Å²) < 4.78 is 7.80. The van der Waals surface area contributed by atoms with Crippen molar-refractivity contribution in [1.29, 1.82) is 0 Å². The van der Waals surface area contributed by atoms with E-state index < -0.39 is 0 Å². The van der Waals surface area contributed by atoms with Gasteiger partial charge in [0.1, 0.15) is 18.0 Å². The van der Waals surface area contributed by atoms with Crippen LogP contribution in [0.3, 0.4) is 0 Å². The molecule has 142 valence electrons. The average Bonchev–Trinajstić information content (AvgIpc) is 3.30. The van der Waals surface area contributed by atoms with E-state index in [0.717, 1.165) is 21.2 Å². The molecule has 0 atom stereocenters. The van der Waals surface area contributed by atoms with Crippen molar-refractivity contribution in [3.8, 4) is 5.75 Å². The number of aromatic nitrogens is 3. The van der Waals surface area contributed by atoms with Crippen LogP contribution in [-0.2, 0) is 13.2 Å². The number of aryl methyl sites for hydroxylation is 2. The van der Waals surface area contributed by atoms with Gasteiger partial charge in [0, 0.05) is 29.0 Å². The Morgan fingerprint density at radius 1 is 1.14 bits per heavy atom. The Bertz CT molecular complexity index is 1120. The minimum absolute atomic E-state index is 0.117. The first-order valence-corrected chi connectivity index (χ1v) is 9.75. The van der Waals surface area contributed by atoms with Gasteiger partial charge in [-0.1, -0.05) is 6.07 Å². The van der Waals surface area contributed by atoms with Crippen molar-refractivity contribution >= 4 is 22.9 Å². The van der Waals surface area contributed by atoms with Crippen molar-refractivity contribution in [3.63, 3.8) is 0 Å². The lowest BCUT2D eigenvalue weighted by molar-refractivity contribution is 0.0951. The molecule has 0 saturated carbocycles. The van der Waals surface area contributed by atoms with Gasteiger partial charge in [-0.2, -0.15) is 0 Å². The summed E-state index contributed by atoms with van der Waals surface area (Å²) in [5.74, 6) is 0.580. The lowest BCUT2D eigenvalue weighted by Crippen LogP contribution is -2.22. The summed E-state index contributed by atoms with van der Waals surface area (Å²) >= 11 is 1.58. The first kappa shape index (κ1) is 18.2. The van der Waals surface area contributed by atoms with Crippen LogP contribution in [0.25, 0.3) is 5.65 Å². The quantitative estimate of drug-likeness (QED) is 0.540. The molecule has 4 aromatic rings. The first-order chi connectivity index (χ1) is 13.6. The number of carbonyl (C=O) groups is 1. The number of hydrogen-bond donors (Lipinski definition) is 1. The number of nitrogens with zero attached hydrogens (tertiary/aromatic N) is 3. The molecule has 1 amide bonds. The highest BCUT2D eigenvalue weighted by molar-refractivity contribution is 7.11. The number of thiazole rings is 1. The van der Waals surface area contributed by atoms with E-state index in [1.165, 1.54) is 5.56 Å². The second-order valence-electron chi connectivity index (χ2n) is 6.55. The largest absolute Gasteiger partial charge is 0.487 e. The van der Waals surface area contributed by atoms with Gasteiger partial charge in [-0.3, -0.25) is 4.79 Å². The highest BCUT2D eigenvalue weighted by Gasteiger charge is 2.08. The number of carbonyl (C=O) groups excluding carboxylic acids is 1. The third-order valence-electron chi connectivity index (χ3n) is 4.24. The zero-order valence-corrected chi connectivity index (χ0v) is 16.5. The number of hydrogen-bond acceptors (Lipinski definition) is 5. The number of rotatable bonds is 6. The predicted octanol–water partition coefficient (Wildman–Crippen LogP) is 3.92. The lowest BCUT2D eigenvalue weighted by atomic mass is 10.2. The van der Waals surface area contributed by atoms with Crippen LogP contribution in [0.4, 0.5) is 0 Å². The summed E-state index contributed by atoms with van der Waals surface area (Å²) in [5, 5.41) is 3.90. The van der Waals surface area contributed by atoms with E-state index in [-0.39, 0.29) is 5.91 Å². The minimum Gasteiger partial charge on any atom is -0.487 e. The Hall–Kier alpha value is -3.19. The summed E-state index contributed by atoms with van der Waals surface area (Å²) in [5.41, 5.74) is 3.52. The van der Waals surface area contributed by atoms with Crippen molar-refractivity contribution in [2.75, 3.05) is 0 Å². The molecule has 0 bridgehead atoms. The Balaban J connectivity index is 1.33. The lowest BCUT2D eigenvalue weighted by Gasteiger charge is -2.06. The van der Waals surface area contributed by atoms with Gasteiger partial charge in [-0.15, -0.1) is 11.3 Å². The molecule has 28 heavy (non-hydrogen) atoms. The van der Waals surface area contributed by atoms with Crippen LogP contribution < -0.4 is 10.1 Å². The molecule has 0 unspecified atom stereocenters. The monoisotopic (exact) mass is 392 g/mol. The molecule has 0 aliphatic carbocycles. The van der Waals surface area contributed by atoms with Gasteiger partial charge in [0.2, 0.25) is 0 Å². The Morgan fingerprint density at radius 2 is 1.96 bits per heavy atom. The summed E-state index contributed by atoms with van der Waals surface area (Å²) in [7, 11) is 0. The number of imidazole rings is 1. The van der Waals surface area contributed by atoms with Crippen molar-refractivity contribution < 1.29 is 9.53 Å². The third-order valence-corrected chi connectivity index (χ3v) is 5.16. The van der Waals surface area contributed by atoms with Gasteiger partial charge in [-0.05, 0) is 49.7 Å². The fourth-order valence-corrected chi connectivity index (χ4v) is 3.58. The molecular weight excluding hydrogens is 372 g/mol. The Kier molecular flexibility index (Phi) is 5.08. The molecule has 0 aliphatic rings. The zero-order chi connectivity index (χ0) is 19.5. The number of fused-ring (bicyclic) bond motifs is 1. The first-order valence-electron chi connectivity index (χ1n) is 8.93. The van der Waals surface area contributed by atoms with Crippen molar-refractivity contribution in [3.05, 3.63) is 81.7 Å².